The maximum Gasteiger partial charge on any atom is 0.246 e. The van der Waals surface area contributed by atoms with E-state index in [4.69, 9.17) is 4.99 Å². The quantitative estimate of drug-likeness (QED) is 0.311. The number of benzene rings is 1. The molecule has 30 heavy (non-hydrogen) atoms. The summed E-state index contributed by atoms with van der Waals surface area (Å²) in [4.78, 5) is 29.1. The van der Waals surface area contributed by atoms with Crippen molar-refractivity contribution in [2.24, 2.45) is 12.0 Å². The molecule has 0 bridgehead atoms. The Morgan fingerprint density at radius 3 is 2.87 bits per heavy atom. The number of hydrogen-bond acceptors (Lipinski definition) is 4. The molecule has 4 rings (SSSR count). The van der Waals surface area contributed by atoms with Crippen LogP contribution < -0.4 is 10.2 Å². The van der Waals surface area contributed by atoms with Crippen molar-refractivity contribution in [1.29, 1.82) is 0 Å². The lowest BCUT2D eigenvalue weighted by molar-refractivity contribution is -0.120. The van der Waals surface area contributed by atoms with Gasteiger partial charge in [0, 0.05) is 32.9 Å². The molecule has 2 aromatic heterocycles. The molecule has 0 spiro atoms. The van der Waals surface area contributed by atoms with Gasteiger partial charge in [-0.2, -0.15) is 5.10 Å². The predicted molar refractivity (Wildman–Crippen MR) is 128 cm³/mol. The standard InChI is InChI=1S/C20H26N8O.HI/c1-4-21-20(22-11-18-24-16-6-5-14(2)9-17(16)25-18)27-7-8-28(19(29)13-27)15-10-23-26(3)12-15;/h5-6,9-10,12H,4,7-8,11,13H2,1-3H3,(H,21,22)(H,24,25);1H. The molecule has 1 aromatic carbocycles. The number of piperazine rings is 1. The Labute approximate surface area is 192 Å². The molecule has 1 aliphatic rings. The van der Waals surface area contributed by atoms with E-state index in [0.717, 1.165) is 35.0 Å². The Kier molecular flexibility index (Phi) is 6.95. The Morgan fingerprint density at radius 2 is 2.17 bits per heavy atom. The number of H-pyrrole nitrogens is 1. The number of nitrogens with zero attached hydrogens (tertiary/aromatic N) is 6. The van der Waals surface area contributed by atoms with Gasteiger partial charge in [0.25, 0.3) is 0 Å². The molecular formula is C20H27IN8O. The molecule has 1 aliphatic heterocycles. The second-order valence-electron chi connectivity index (χ2n) is 7.21. The summed E-state index contributed by atoms with van der Waals surface area (Å²) in [5, 5.41) is 7.45. The van der Waals surface area contributed by atoms with Crippen LogP contribution in [0.1, 0.15) is 18.3 Å². The van der Waals surface area contributed by atoms with Gasteiger partial charge >= 0.3 is 0 Å². The van der Waals surface area contributed by atoms with Crippen LogP contribution in [0.4, 0.5) is 5.69 Å². The summed E-state index contributed by atoms with van der Waals surface area (Å²) in [6, 6.07) is 6.14. The van der Waals surface area contributed by atoms with E-state index in [2.05, 4.69) is 33.4 Å². The highest BCUT2D eigenvalue weighted by atomic mass is 127. The molecule has 9 nitrogen and oxygen atoms in total. The molecular weight excluding hydrogens is 495 g/mol. The van der Waals surface area contributed by atoms with Crippen LogP contribution in [0.25, 0.3) is 11.0 Å². The highest BCUT2D eigenvalue weighted by Crippen LogP contribution is 2.17. The molecule has 2 N–H and O–H groups in total. The first-order valence-corrected chi connectivity index (χ1v) is 9.81. The molecule has 3 heterocycles. The molecule has 0 aliphatic carbocycles. The van der Waals surface area contributed by atoms with Crippen LogP contribution in [0.2, 0.25) is 0 Å². The number of nitrogens with one attached hydrogen (secondary N) is 2. The zero-order chi connectivity index (χ0) is 20.4. The minimum Gasteiger partial charge on any atom is -0.356 e. The van der Waals surface area contributed by atoms with Crippen molar-refractivity contribution >= 4 is 52.6 Å². The van der Waals surface area contributed by atoms with Gasteiger partial charge in [0.1, 0.15) is 18.9 Å². The van der Waals surface area contributed by atoms with Gasteiger partial charge < -0.3 is 20.1 Å². The minimum absolute atomic E-state index is 0. The molecule has 0 unspecified atom stereocenters. The molecule has 1 saturated heterocycles. The average Bonchev–Trinajstić information content (AvgIpc) is 3.30. The van der Waals surface area contributed by atoms with Crippen molar-refractivity contribution in [2.45, 2.75) is 20.4 Å². The number of aryl methyl sites for hydroxylation is 2. The summed E-state index contributed by atoms with van der Waals surface area (Å²) in [6.07, 6.45) is 3.58. The van der Waals surface area contributed by atoms with Crippen LogP contribution in [0.15, 0.2) is 35.6 Å². The van der Waals surface area contributed by atoms with Gasteiger partial charge in [0.15, 0.2) is 5.96 Å². The zero-order valence-electron chi connectivity index (χ0n) is 17.4. The molecule has 3 aromatic rings. The van der Waals surface area contributed by atoms with Crippen molar-refractivity contribution in [3.63, 3.8) is 0 Å². The topological polar surface area (TPSA) is 94.4 Å². The number of guanidine groups is 1. The number of aliphatic imine (C=N–C) groups is 1. The number of imidazole rings is 1. The number of carbonyl (C=O) groups is 1. The normalized spacial score (nSPS) is 14.9. The summed E-state index contributed by atoms with van der Waals surface area (Å²) in [6.45, 7) is 6.81. The number of aromatic amines is 1. The molecule has 1 fully saturated rings. The van der Waals surface area contributed by atoms with E-state index >= 15 is 0 Å². The van der Waals surface area contributed by atoms with Crippen LogP contribution >= 0.6 is 24.0 Å². The summed E-state index contributed by atoms with van der Waals surface area (Å²) in [5.74, 6) is 1.57. The molecule has 1 amide bonds. The SMILES string of the molecule is CCNC(=NCc1nc2ccc(C)cc2[nH]1)N1CCN(c2cnn(C)c2)C(=O)C1.I. The van der Waals surface area contributed by atoms with E-state index in [9.17, 15) is 4.79 Å². The van der Waals surface area contributed by atoms with Gasteiger partial charge in [0.2, 0.25) is 5.91 Å². The number of hydrogen-bond donors (Lipinski definition) is 2. The predicted octanol–water partition coefficient (Wildman–Crippen LogP) is 2.04. The Balaban J connectivity index is 0.00000256. The minimum atomic E-state index is 0. The van der Waals surface area contributed by atoms with Crippen molar-refractivity contribution < 1.29 is 4.79 Å². The molecule has 160 valence electrons. The summed E-state index contributed by atoms with van der Waals surface area (Å²) in [7, 11) is 1.85. The number of rotatable bonds is 4. The lowest BCUT2D eigenvalue weighted by Gasteiger charge is -2.35. The lowest BCUT2D eigenvalue weighted by atomic mass is 10.2. The number of aromatic nitrogens is 4. The Hall–Kier alpha value is -2.63. The number of carbonyl (C=O) groups excluding carboxylic acids is 1. The second kappa shape index (κ2) is 9.45. The van der Waals surface area contributed by atoms with Crippen LogP contribution in [0.3, 0.4) is 0 Å². The first-order chi connectivity index (χ1) is 14.0. The van der Waals surface area contributed by atoms with E-state index in [0.29, 0.717) is 19.6 Å². The van der Waals surface area contributed by atoms with Crippen LogP contribution in [0, 0.1) is 6.92 Å². The third kappa shape index (κ3) is 4.74. The first kappa shape index (κ1) is 22.1. The van der Waals surface area contributed by atoms with Crippen LogP contribution in [0.5, 0.6) is 0 Å². The summed E-state index contributed by atoms with van der Waals surface area (Å²) >= 11 is 0. The van der Waals surface area contributed by atoms with Gasteiger partial charge in [-0.15, -0.1) is 24.0 Å². The van der Waals surface area contributed by atoms with E-state index in [1.54, 1.807) is 15.8 Å². The smallest absolute Gasteiger partial charge is 0.246 e. The lowest BCUT2D eigenvalue weighted by Crippen LogP contribution is -2.55. The maximum atomic E-state index is 12.7. The molecule has 10 heteroatoms. The van der Waals surface area contributed by atoms with E-state index in [1.807, 2.05) is 37.2 Å². The van der Waals surface area contributed by atoms with Crippen molar-refractivity contribution in [3.05, 3.63) is 42.0 Å². The van der Waals surface area contributed by atoms with Crippen LogP contribution in [-0.4, -0.2) is 62.7 Å². The monoisotopic (exact) mass is 522 g/mol. The fourth-order valence-corrected chi connectivity index (χ4v) is 3.50. The van der Waals surface area contributed by atoms with E-state index in [-0.39, 0.29) is 36.4 Å². The second-order valence-corrected chi connectivity index (χ2v) is 7.21. The average molecular weight is 522 g/mol. The first-order valence-electron chi connectivity index (χ1n) is 9.81. The number of anilines is 1. The van der Waals surface area contributed by atoms with Crippen LogP contribution in [-0.2, 0) is 18.4 Å². The number of halogens is 1. The van der Waals surface area contributed by atoms with Gasteiger partial charge in [-0.3, -0.25) is 9.48 Å². The van der Waals surface area contributed by atoms with Gasteiger partial charge in [0.05, 0.1) is 22.9 Å². The number of amides is 1. The van der Waals surface area contributed by atoms with Crippen molar-refractivity contribution in [1.82, 2.24) is 30.0 Å². The summed E-state index contributed by atoms with van der Waals surface area (Å²) < 4.78 is 1.70. The fraction of sp³-hybridized carbons (Fsp3) is 0.400. The number of fused-ring (bicyclic) bond motifs is 1. The summed E-state index contributed by atoms with van der Waals surface area (Å²) in [5.41, 5.74) is 3.97. The fourth-order valence-electron chi connectivity index (χ4n) is 3.50. The Bertz CT molecular complexity index is 1060. The largest absolute Gasteiger partial charge is 0.356 e. The highest BCUT2D eigenvalue weighted by molar-refractivity contribution is 14.0. The molecule has 0 radical (unpaired) electrons. The van der Waals surface area contributed by atoms with Crippen molar-refractivity contribution in [3.8, 4) is 0 Å². The van der Waals surface area contributed by atoms with Gasteiger partial charge in [-0.05, 0) is 31.5 Å². The van der Waals surface area contributed by atoms with E-state index in [1.165, 1.54) is 5.56 Å². The van der Waals surface area contributed by atoms with E-state index < -0.39 is 0 Å². The van der Waals surface area contributed by atoms with Gasteiger partial charge in [-0.25, -0.2) is 9.98 Å². The molecule has 0 atom stereocenters. The maximum absolute atomic E-state index is 12.7. The highest BCUT2D eigenvalue weighted by Gasteiger charge is 2.27. The van der Waals surface area contributed by atoms with Gasteiger partial charge in [-0.1, -0.05) is 6.07 Å². The zero-order valence-corrected chi connectivity index (χ0v) is 19.8. The third-order valence-corrected chi connectivity index (χ3v) is 4.92. The Morgan fingerprint density at radius 1 is 1.33 bits per heavy atom. The van der Waals surface area contributed by atoms with Crippen molar-refractivity contribution in [2.75, 3.05) is 31.1 Å². The third-order valence-electron chi connectivity index (χ3n) is 4.92. The molecule has 0 saturated carbocycles.